The fourth-order valence-corrected chi connectivity index (χ4v) is 8.38. The molecule has 0 amide bonds. The molecule has 0 aliphatic heterocycles. The van der Waals surface area contributed by atoms with Gasteiger partial charge in [-0.25, -0.2) is 0 Å². The van der Waals surface area contributed by atoms with E-state index in [4.69, 9.17) is 9.47 Å². The molecule has 176 valence electrons. The van der Waals surface area contributed by atoms with Crippen LogP contribution in [0.4, 0.5) is 0 Å². The number of rotatable bonds is 6. The van der Waals surface area contributed by atoms with Crippen molar-refractivity contribution in [1.29, 1.82) is 0 Å². The number of hydrogen-bond donors (Lipinski definition) is 0. The van der Waals surface area contributed by atoms with Gasteiger partial charge in [-0.3, -0.25) is 4.79 Å². The molecule has 2 unspecified atom stereocenters. The highest BCUT2D eigenvalue weighted by atomic mass is 16.5. The highest BCUT2D eigenvalue weighted by Crippen LogP contribution is 2.66. The van der Waals surface area contributed by atoms with Crippen molar-refractivity contribution in [3.05, 3.63) is 11.6 Å². The van der Waals surface area contributed by atoms with Gasteiger partial charge in [0.2, 0.25) is 0 Å². The summed E-state index contributed by atoms with van der Waals surface area (Å²) in [4.78, 5) is 11.5. The van der Waals surface area contributed by atoms with Crippen molar-refractivity contribution in [2.24, 2.45) is 40.4 Å². The van der Waals surface area contributed by atoms with Crippen molar-refractivity contribution in [2.45, 2.75) is 112 Å². The summed E-state index contributed by atoms with van der Waals surface area (Å²) in [6.45, 7) is 14.5. The summed E-state index contributed by atoms with van der Waals surface area (Å²) >= 11 is 0. The van der Waals surface area contributed by atoms with E-state index in [0.717, 1.165) is 43.1 Å². The van der Waals surface area contributed by atoms with Crippen molar-refractivity contribution in [3.63, 3.8) is 0 Å². The van der Waals surface area contributed by atoms with E-state index in [2.05, 4.69) is 40.7 Å². The minimum Gasteiger partial charge on any atom is -0.462 e. The molecule has 0 aromatic carbocycles. The zero-order chi connectivity index (χ0) is 22.4. The first-order valence-electron chi connectivity index (χ1n) is 13.1. The number of allylic oxidation sites excluding steroid dienone is 1. The van der Waals surface area contributed by atoms with Crippen LogP contribution in [0.5, 0.6) is 0 Å². The fraction of sp³-hybridized carbons (Fsp3) is 0.893. The van der Waals surface area contributed by atoms with Crippen molar-refractivity contribution < 1.29 is 14.3 Å². The van der Waals surface area contributed by atoms with Crippen LogP contribution in [0.1, 0.15) is 99.3 Å². The highest BCUT2D eigenvalue weighted by molar-refractivity contribution is 5.66. The van der Waals surface area contributed by atoms with Gasteiger partial charge in [0.25, 0.3) is 0 Å². The van der Waals surface area contributed by atoms with E-state index in [1.807, 2.05) is 0 Å². The Morgan fingerprint density at radius 3 is 2.58 bits per heavy atom. The molecule has 3 saturated carbocycles. The Hall–Kier alpha value is -0.830. The summed E-state index contributed by atoms with van der Waals surface area (Å²) in [5.74, 6) is 3.77. The third kappa shape index (κ3) is 4.25. The zero-order valence-electron chi connectivity index (χ0n) is 20.9. The first-order valence-corrected chi connectivity index (χ1v) is 13.1. The van der Waals surface area contributed by atoms with Gasteiger partial charge in [0.1, 0.15) is 6.10 Å². The van der Waals surface area contributed by atoms with Crippen LogP contribution in [0.2, 0.25) is 0 Å². The lowest BCUT2D eigenvalue weighted by Gasteiger charge is -2.58. The number of ether oxygens (including phenoxy) is 2. The molecule has 3 fully saturated rings. The SMILES string of the molecule is CC(=O)OC1CC[C@@]2(C)C(=CC[C@H]3[C@@H]4CC[C@H](C(C)OCCC(C)C)[C@@]4(C)CC[C@@H]32)C1. The first-order chi connectivity index (χ1) is 14.6. The molecular weight excluding hydrogens is 384 g/mol. The van der Waals surface area contributed by atoms with E-state index in [1.165, 1.54) is 44.9 Å². The molecule has 0 heterocycles. The predicted molar refractivity (Wildman–Crippen MR) is 126 cm³/mol. The Kier molecular flexibility index (Phi) is 6.65. The molecule has 0 saturated heterocycles. The third-order valence-electron chi connectivity index (χ3n) is 10.1. The maximum absolute atomic E-state index is 11.5. The molecule has 4 aliphatic rings. The highest BCUT2D eigenvalue weighted by Gasteiger charge is 2.59. The van der Waals surface area contributed by atoms with Crippen molar-refractivity contribution in [3.8, 4) is 0 Å². The second-order valence-corrected chi connectivity index (χ2v) is 12.2. The van der Waals surface area contributed by atoms with E-state index < -0.39 is 0 Å². The molecule has 3 nitrogen and oxygen atoms in total. The number of carbonyl (C=O) groups excluding carboxylic acids is 1. The normalized spacial score (nSPS) is 42.9. The van der Waals surface area contributed by atoms with Gasteiger partial charge in [-0.2, -0.15) is 0 Å². The first kappa shape index (κ1) is 23.3. The maximum Gasteiger partial charge on any atom is 0.302 e. The van der Waals surface area contributed by atoms with Crippen LogP contribution < -0.4 is 0 Å². The van der Waals surface area contributed by atoms with E-state index in [0.29, 0.717) is 22.9 Å². The molecule has 0 N–H and O–H groups in total. The molecule has 0 aromatic heterocycles. The minimum atomic E-state index is -0.127. The molecule has 0 radical (unpaired) electrons. The maximum atomic E-state index is 11.5. The number of fused-ring (bicyclic) bond motifs is 5. The molecule has 8 atom stereocenters. The Morgan fingerprint density at radius 2 is 1.87 bits per heavy atom. The summed E-state index contributed by atoms with van der Waals surface area (Å²) in [5.41, 5.74) is 2.35. The summed E-state index contributed by atoms with van der Waals surface area (Å²) < 4.78 is 12.0. The molecule has 4 aliphatic carbocycles. The Labute approximate surface area is 190 Å². The minimum absolute atomic E-state index is 0.0990. The molecule has 0 spiro atoms. The van der Waals surface area contributed by atoms with Gasteiger partial charge in [-0.15, -0.1) is 0 Å². The second kappa shape index (κ2) is 8.84. The monoisotopic (exact) mass is 430 g/mol. The largest absolute Gasteiger partial charge is 0.462 e. The second-order valence-electron chi connectivity index (χ2n) is 12.2. The lowest BCUT2D eigenvalue weighted by molar-refractivity contribution is -0.148. The van der Waals surface area contributed by atoms with Gasteiger partial charge < -0.3 is 9.47 Å². The topological polar surface area (TPSA) is 35.5 Å². The average molecular weight is 431 g/mol. The third-order valence-corrected chi connectivity index (χ3v) is 10.1. The van der Waals surface area contributed by atoms with Gasteiger partial charge >= 0.3 is 5.97 Å². The molecule has 3 heteroatoms. The van der Waals surface area contributed by atoms with Crippen LogP contribution in [0.15, 0.2) is 11.6 Å². The molecule has 0 bridgehead atoms. The molecular formula is C28H46O3. The number of hydrogen-bond acceptors (Lipinski definition) is 3. The van der Waals surface area contributed by atoms with Crippen LogP contribution in [0, 0.1) is 40.4 Å². The van der Waals surface area contributed by atoms with E-state index in [9.17, 15) is 4.79 Å². The number of carbonyl (C=O) groups is 1. The van der Waals surface area contributed by atoms with Crippen LogP contribution in [0.3, 0.4) is 0 Å². The van der Waals surface area contributed by atoms with Gasteiger partial charge in [-0.1, -0.05) is 39.3 Å². The Balaban J connectivity index is 1.47. The quantitative estimate of drug-likeness (QED) is 0.338. The summed E-state index contributed by atoms with van der Waals surface area (Å²) in [6, 6.07) is 0. The van der Waals surface area contributed by atoms with E-state index in [-0.39, 0.29) is 12.1 Å². The Bertz CT molecular complexity index is 696. The van der Waals surface area contributed by atoms with E-state index >= 15 is 0 Å². The zero-order valence-corrected chi connectivity index (χ0v) is 20.9. The van der Waals surface area contributed by atoms with Crippen molar-refractivity contribution in [2.75, 3.05) is 6.61 Å². The van der Waals surface area contributed by atoms with Crippen LogP contribution in [-0.2, 0) is 14.3 Å². The van der Waals surface area contributed by atoms with Gasteiger partial charge in [-0.05, 0) is 98.7 Å². The predicted octanol–water partition coefficient (Wildman–Crippen LogP) is 6.95. The summed E-state index contributed by atoms with van der Waals surface area (Å²) in [7, 11) is 0. The van der Waals surface area contributed by atoms with Crippen LogP contribution in [0.25, 0.3) is 0 Å². The van der Waals surface area contributed by atoms with Crippen molar-refractivity contribution >= 4 is 5.97 Å². The lowest BCUT2D eigenvalue weighted by Crippen LogP contribution is -2.51. The van der Waals surface area contributed by atoms with E-state index in [1.54, 1.807) is 12.5 Å². The van der Waals surface area contributed by atoms with Gasteiger partial charge in [0.15, 0.2) is 0 Å². The average Bonchev–Trinajstić information content (AvgIpc) is 3.05. The van der Waals surface area contributed by atoms with Crippen molar-refractivity contribution in [1.82, 2.24) is 0 Å². The summed E-state index contributed by atoms with van der Waals surface area (Å²) in [6.07, 6.45) is 14.1. The molecule has 31 heavy (non-hydrogen) atoms. The van der Waals surface area contributed by atoms with Crippen LogP contribution >= 0.6 is 0 Å². The smallest absolute Gasteiger partial charge is 0.302 e. The molecule has 0 aromatic rings. The molecule has 4 rings (SSSR count). The van der Waals surface area contributed by atoms with Crippen LogP contribution in [-0.4, -0.2) is 24.8 Å². The fourth-order valence-electron chi connectivity index (χ4n) is 8.38. The standard InChI is InChI=1S/C28H46O3/c1-18(2)13-16-30-19(3)24-9-10-25-23-8-7-21-17-22(31-20(4)29)11-14-27(21,5)26(23)12-15-28(24,25)6/h7,18-19,22-26H,8-17H2,1-6H3/t19?,22?,23-,24+,25-,26-,27-,28+/m0/s1. The number of esters is 1. The van der Waals surface area contributed by atoms with Gasteiger partial charge in [0, 0.05) is 20.0 Å². The van der Waals surface area contributed by atoms with Gasteiger partial charge in [0.05, 0.1) is 6.10 Å². The summed E-state index contributed by atoms with van der Waals surface area (Å²) in [5, 5.41) is 0. The lowest BCUT2D eigenvalue weighted by atomic mass is 9.47. The Morgan fingerprint density at radius 1 is 1.10 bits per heavy atom.